The Balaban J connectivity index is 1.98. The molecule has 1 saturated heterocycles. The molecule has 3 rings (SSSR count). The first-order valence-electron chi connectivity index (χ1n) is 7.00. The molecule has 2 aromatic heterocycles. The van der Waals surface area contributed by atoms with Gasteiger partial charge in [-0.05, 0) is 31.9 Å². The number of carbonyl (C=O) groups is 1. The van der Waals surface area contributed by atoms with Crippen LogP contribution in [0.1, 0.15) is 41.9 Å². The van der Waals surface area contributed by atoms with Crippen molar-refractivity contribution < 1.29 is 4.79 Å². The van der Waals surface area contributed by atoms with Gasteiger partial charge >= 0.3 is 0 Å². The molecule has 0 atom stereocenters. The monoisotopic (exact) mass is 257 g/mol. The number of nitrogens with zero attached hydrogens (tertiary/aromatic N) is 3. The molecule has 100 valence electrons. The van der Waals surface area contributed by atoms with E-state index in [9.17, 15) is 4.79 Å². The van der Waals surface area contributed by atoms with Crippen LogP contribution in [0.25, 0.3) is 5.65 Å². The fourth-order valence-electron chi connectivity index (χ4n) is 2.79. The van der Waals surface area contributed by atoms with Crippen molar-refractivity contribution >= 4 is 11.6 Å². The summed E-state index contributed by atoms with van der Waals surface area (Å²) in [7, 11) is 0. The van der Waals surface area contributed by atoms with Crippen LogP contribution in [-0.2, 0) is 0 Å². The molecule has 0 aromatic carbocycles. The van der Waals surface area contributed by atoms with Crippen molar-refractivity contribution in [2.75, 3.05) is 13.1 Å². The number of hydrogen-bond acceptors (Lipinski definition) is 2. The Hall–Kier alpha value is -1.84. The largest absolute Gasteiger partial charge is 0.337 e. The number of imidazole rings is 1. The van der Waals surface area contributed by atoms with Gasteiger partial charge in [-0.15, -0.1) is 0 Å². The Bertz CT molecular complexity index is 594. The van der Waals surface area contributed by atoms with Crippen LogP contribution in [0.4, 0.5) is 0 Å². The summed E-state index contributed by atoms with van der Waals surface area (Å²) in [5, 5.41) is 0. The number of hydrogen-bond donors (Lipinski definition) is 0. The number of pyridine rings is 1. The molecule has 1 aliphatic heterocycles. The highest BCUT2D eigenvalue weighted by molar-refractivity contribution is 5.94. The third-order valence-corrected chi connectivity index (χ3v) is 3.80. The van der Waals surface area contributed by atoms with Crippen molar-refractivity contribution in [3.05, 3.63) is 35.8 Å². The van der Waals surface area contributed by atoms with Crippen molar-refractivity contribution in [1.82, 2.24) is 14.3 Å². The van der Waals surface area contributed by atoms with Gasteiger partial charge in [-0.3, -0.25) is 9.20 Å². The minimum Gasteiger partial charge on any atom is -0.337 e. The van der Waals surface area contributed by atoms with E-state index in [4.69, 9.17) is 0 Å². The standard InChI is InChI=1S/C15H19N3O/c1-12-14(18-11-7-4-8-13(18)16-12)15(19)17-9-5-2-3-6-10-17/h4,7-8,11H,2-3,5-6,9-10H2,1H3. The number of fused-ring (bicyclic) bond motifs is 1. The summed E-state index contributed by atoms with van der Waals surface area (Å²) in [4.78, 5) is 19.2. The van der Waals surface area contributed by atoms with E-state index in [1.807, 2.05) is 40.6 Å². The molecular formula is C15H19N3O. The molecule has 3 heterocycles. The summed E-state index contributed by atoms with van der Waals surface area (Å²) >= 11 is 0. The molecule has 0 radical (unpaired) electrons. The second kappa shape index (κ2) is 5.03. The van der Waals surface area contributed by atoms with E-state index in [0.29, 0.717) is 0 Å². The first-order chi connectivity index (χ1) is 9.27. The lowest BCUT2D eigenvalue weighted by Crippen LogP contribution is -2.33. The fourth-order valence-corrected chi connectivity index (χ4v) is 2.79. The van der Waals surface area contributed by atoms with Gasteiger partial charge in [-0.25, -0.2) is 4.98 Å². The Labute approximate surface area is 113 Å². The molecule has 2 aromatic rings. The minimum absolute atomic E-state index is 0.123. The Kier molecular flexibility index (Phi) is 3.23. The van der Waals surface area contributed by atoms with Gasteiger partial charge < -0.3 is 4.90 Å². The molecule has 1 fully saturated rings. The number of likely N-dealkylation sites (tertiary alicyclic amines) is 1. The smallest absolute Gasteiger partial charge is 0.272 e. The zero-order chi connectivity index (χ0) is 13.2. The molecule has 0 saturated carbocycles. The molecule has 4 heteroatoms. The predicted molar refractivity (Wildman–Crippen MR) is 74.3 cm³/mol. The highest BCUT2D eigenvalue weighted by Gasteiger charge is 2.22. The second-order valence-electron chi connectivity index (χ2n) is 5.18. The summed E-state index contributed by atoms with van der Waals surface area (Å²) in [5.74, 6) is 0.123. The van der Waals surface area contributed by atoms with Gasteiger partial charge in [0.1, 0.15) is 11.3 Å². The normalized spacial score (nSPS) is 16.6. The lowest BCUT2D eigenvalue weighted by molar-refractivity contribution is 0.0754. The molecular weight excluding hydrogens is 238 g/mol. The van der Waals surface area contributed by atoms with Crippen LogP contribution in [0.5, 0.6) is 0 Å². The average molecular weight is 257 g/mol. The molecule has 0 spiro atoms. The van der Waals surface area contributed by atoms with E-state index < -0.39 is 0 Å². The van der Waals surface area contributed by atoms with Gasteiger partial charge in [0.25, 0.3) is 5.91 Å². The summed E-state index contributed by atoms with van der Waals surface area (Å²) in [6.45, 7) is 3.66. The summed E-state index contributed by atoms with van der Waals surface area (Å²) in [6, 6.07) is 5.82. The van der Waals surface area contributed by atoms with Crippen LogP contribution in [0.2, 0.25) is 0 Å². The lowest BCUT2D eigenvalue weighted by Gasteiger charge is -2.20. The zero-order valence-corrected chi connectivity index (χ0v) is 11.3. The van der Waals surface area contributed by atoms with E-state index in [1.54, 1.807) is 0 Å². The van der Waals surface area contributed by atoms with Crippen molar-refractivity contribution in [1.29, 1.82) is 0 Å². The minimum atomic E-state index is 0.123. The van der Waals surface area contributed by atoms with Gasteiger partial charge in [0.15, 0.2) is 0 Å². The van der Waals surface area contributed by atoms with E-state index in [0.717, 1.165) is 43.0 Å². The zero-order valence-electron chi connectivity index (χ0n) is 11.3. The summed E-state index contributed by atoms with van der Waals surface area (Å²) < 4.78 is 1.91. The van der Waals surface area contributed by atoms with Crippen LogP contribution in [0.3, 0.4) is 0 Å². The molecule has 0 bridgehead atoms. The van der Waals surface area contributed by atoms with E-state index >= 15 is 0 Å². The fraction of sp³-hybridized carbons (Fsp3) is 0.467. The Morgan fingerprint density at radius 2 is 1.89 bits per heavy atom. The molecule has 1 amide bonds. The van der Waals surface area contributed by atoms with Gasteiger partial charge in [0.2, 0.25) is 0 Å². The summed E-state index contributed by atoms with van der Waals surface area (Å²) in [6.07, 6.45) is 6.61. The number of rotatable bonds is 1. The first kappa shape index (κ1) is 12.2. The van der Waals surface area contributed by atoms with Crippen molar-refractivity contribution in [2.45, 2.75) is 32.6 Å². The number of carbonyl (C=O) groups excluding carboxylic acids is 1. The Morgan fingerprint density at radius 1 is 1.16 bits per heavy atom. The topological polar surface area (TPSA) is 37.6 Å². The number of amides is 1. The maximum atomic E-state index is 12.7. The van der Waals surface area contributed by atoms with Crippen LogP contribution in [0, 0.1) is 6.92 Å². The molecule has 19 heavy (non-hydrogen) atoms. The highest BCUT2D eigenvalue weighted by atomic mass is 16.2. The predicted octanol–water partition coefficient (Wildman–Crippen LogP) is 2.66. The summed E-state index contributed by atoms with van der Waals surface area (Å²) in [5.41, 5.74) is 2.39. The lowest BCUT2D eigenvalue weighted by atomic mass is 10.2. The van der Waals surface area contributed by atoms with Crippen molar-refractivity contribution in [2.24, 2.45) is 0 Å². The molecule has 1 aliphatic rings. The second-order valence-corrected chi connectivity index (χ2v) is 5.18. The van der Waals surface area contributed by atoms with Crippen molar-refractivity contribution in [3.63, 3.8) is 0 Å². The van der Waals surface area contributed by atoms with Gasteiger partial charge in [0.05, 0.1) is 5.69 Å². The van der Waals surface area contributed by atoms with E-state index in [1.165, 1.54) is 12.8 Å². The average Bonchev–Trinajstić information content (AvgIpc) is 2.61. The number of aromatic nitrogens is 2. The molecule has 0 unspecified atom stereocenters. The SMILES string of the molecule is Cc1nc2ccccn2c1C(=O)N1CCCCCC1. The maximum Gasteiger partial charge on any atom is 0.272 e. The van der Waals surface area contributed by atoms with Gasteiger partial charge in [-0.2, -0.15) is 0 Å². The van der Waals surface area contributed by atoms with Gasteiger partial charge in [0, 0.05) is 19.3 Å². The van der Waals surface area contributed by atoms with Crippen LogP contribution in [0.15, 0.2) is 24.4 Å². The van der Waals surface area contributed by atoms with Crippen LogP contribution >= 0.6 is 0 Å². The van der Waals surface area contributed by atoms with Gasteiger partial charge in [-0.1, -0.05) is 18.9 Å². The highest BCUT2D eigenvalue weighted by Crippen LogP contribution is 2.17. The maximum absolute atomic E-state index is 12.7. The number of aryl methyl sites for hydroxylation is 1. The van der Waals surface area contributed by atoms with E-state index in [-0.39, 0.29) is 5.91 Å². The van der Waals surface area contributed by atoms with Crippen molar-refractivity contribution in [3.8, 4) is 0 Å². The molecule has 0 aliphatic carbocycles. The van der Waals surface area contributed by atoms with E-state index in [2.05, 4.69) is 4.98 Å². The Morgan fingerprint density at radius 3 is 2.63 bits per heavy atom. The molecule has 0 N–H and O–H groups in total. The quantitative estimate of drug-likeness (QED) is 0.787. The first-order valence-corrected chi connectivity index (χ1v) is 7.00. The van der Waals surface area contributed by atoms with Crippen LogP contribution in [-0.4, -0.2) is 33.3 Å². The van der Waals surface area contributed by atoms with Crippen LogP contribution < -0.4 is 0 Å². The third kappa shape index (κ3) is 2.23. The molecule has 4 nitrogen and oxygen atoms in total. The third-order valence-electron chi connectivity index (χ3n) is 3.80.